The quantitative estimate of drug-likeness (QED) is 0.884. The van der Waals surface area contributed by atoms with Crippen LogP contribution >= 0.6 is 0 Å². The van der Waals surface area contributed by atoms with Crippen LogP contribution in [-0.2, 0) is 0 Å². The van der Waals surface area contributed by atoms with Crippen LogP contribution in [0.2, 0.25) is 0 Å². The Kier molecular flexibility index (Phi) is 3.85. The van der Waals surface area contributed by atoms with Crippen molar-refractivity contribution in [2.75, 3.05) is 18.0 Å². The van der Waals surface area contributed by atoms with Crippen molar-refractivity contribution in [2.45, 2.75) is 51.6 Å². The van der Waals surface area contributed by atoms with Gasteiger partial charge in [0.1, 0.15) is 5.82 Å². The normalized spacial score (nSPS) is 25.5. The van der Waals surface area contributed by atoms with E-state index in [0.717, 1.165) is 43.0 Å². The molecule has 2 saturated heterocycles. The lowest BCUT2D eigenvalue weighted by molar-refractivity contribution is 0.1000. The fourth-order valence-electron chi connectivity index (χ4n) is 3.84. The average molecular weight is 288 g/mol. The monoisotopic (exact) mass is 288 g/mol. The molecule has 0 radical (unpaired) electrons. The minimum Gasteiger partial charge on any atom is -0.365 e. The number of anilines is 1. The summed E-state index contributed by atoms with van der Waals surface area (Å²) in [6.45, 7) is 5.97. The summed E-state index contributed by atoms with van der Waals surface area (Å²) >= 11 is 0. The summed E-state index contributed by atoms with van der Waals surface area (Å²) in [4.78, 5) is 18.8. The number of hydrogen-bond donors (Lipinski definition) is 2. The number of carbonyl (C=O) groups is 1. The lowest BCUT2D eigenvalue weighted by Gasteiger charge is -2.32. The second kappa shape index (κ2) is 5.64. The highest BCUT2D eigenvalue weighted by atomic mass is 16.1. The molecular formula is C16H24N4O. The molecule has 2 aliphatic rings. The van der Waals surface area contributed by atoms with Crippen LogP contribution < -0.4 is 16.0 Å². The van der Waals surface area contributed by atoms with Crippen LogP contribution in [-0.4, -0.2) is 36.1 Å². The van der Waals surface area contributed by atoms with Crippen LogP contribution in [0.5, 0.6) is 0 Å². The van der Waals surface area contributed by atoms with Crippen molar-refractivity contribution in [3.8, 4) is 0 Å². The maximum absolute atomic E-state index is 11.9. The summed E-state index contributed by atoms with van der Waals surface area (Å²) in [5.74, 6) is 0.413. The average Bonchev–Trinajstić information content (AvgIpc) is 3.08. The fraction of sp³-hybridized carbons (Fsp3) is 0.625. The molecule has 1 aromatic rings. The topological polar surface area (TPSA) is 71.2 Å². The highest BCUT2D eigenvalue weighted by Gasteiger charge is 2.35. The molecule has 0 bridgehead atoms. The molecule has 2 atom stereocenters. The molecule has 3 heterocycles. The maximum Gasteiger partial charge on any atom is 0.252 e. The third-order valence-electron chi connectivity index (χ3n) is 4.71. The third kappa shape index (κ3) is 2.62. The molecule has 1 aromatic heterocycles. The Labute approximate surface area is 125 Å². The predicted molar refractivity (Wildman–Crippen MR) is 83.6 cm³/mol. The molecular weight excluding hydrogens is 264 g/mol. The van der Waals surface area contributed by atoms with Gasteiger partial charge in [0.2, 0.25) is 0 Å². The van der Waals surface area contributed by atoms with Crippen LogP contribution in [0.25, 0.3) is 0 Å². The van der Waals surface area contributed by atoms with Crippen molar-refractivity contribution >= 4 is 11.7 Å². The van der Waals surface area contributed by atoms with E-state index in [0.29, 0.717) is 17.6 Å². The zero-order chi connectivity index (χ0) is 15.0. The molecule has 5 nitrogen and oxygen atoms in total. The van der Waals surface area contributed by atoms with E-state index >= 15 is 0 Å². The van der Waals surface area contributed by atoms with E-state index in [1.54, 1.807) is 0 Å². The molecule has 1 amide bonds. The first-order valence-corrected chi connectivity index (χ1v) is 7.86. The molecule has 0 aliphatic carbocycles. The number of carbonyl (C=O) groups excluding carboxylic acids is 1. The van der Waals surface area contributed by atoms with E-state index in [1.165, 1.54) is 12.8 Å². The van der Waals surface area contributed by atoms with Gasteiger partial charge >= 0.3 is 0 Å². The van der Waals surface area contributed by atoms with Gasteiger partial charge in [-0.3, -0.25) is 4.79 Å². The smallest absolute Gasteiger partial charge is 0.252 e. The molecule has 0 spiro atoms. The first-order valence-electron chi connectivity index (χ1n) is 7.86. The predicted octanol–water partition coefficient (Wildman–Crippen LogP) is 1.52. The lowest BCUT2D eigenvalue weighted by Crippen LogP contribution is -2.45. The Bertz CT molecular complexity index is 551. The molecule has 3 rings (SSSR count). The molecule has 2 aliphatic heterocycles. The summed E-state index contributed by atoms with van der Waals surface area (Å²) in [7, 11) is 0. The van der Waals surface area contributed by atoms with Crippen molar-refractivity contribution < 1.29 is 4.79 Å². The van der Waals surface area contributed by atoms with E-state index in [2.05, 4.69) is 15.2 Å². The minimum atomic E-state index is -0.375. The summed E-state index contributed by atoms with van der Waals surface area (Å²) in [5, 5.41) is 3.59. The highest BCUT2D eigenvalue weighted by Crippen LogP contribution is 2.32. The minimum absolute atomic E-state index is 0.375. The van der Waals surface area contributed by atoms with E-state index in [-0.39, 0.29) is 5.91 Å². The standard InChI is InChI=1S/C16H24N4O/c1-10-9-11(2)19-16(14(10)15(17)21)20-8-4-6-13(20)12-5-3-7-18-12/h9,12-13,18H,3-8H2,1-2H3,(H2,17,21). The highest BCUT2D eigenvalue weighted by molar-refractivity contribution is 5.99. The number of nitrogens with zero attached hydrogens (tertiary/aromatic N) is 2. The van der Waals surface area contributed by atoms with Gasteiger partial charge in [-0.05, 0) is 57.7 Å². The van der Waals surface area contributed by atoms with Gasteiger partial charge in [-0.1, -0.05) is 0 Å². The Balaban J connectivity index is 2.00. The van der Waals surface area contributed by atoms with Gasteiger partial charge in [-0.2, -0.15) is 0 Å². The molecule has 2 fully saturated rings. The maximum atomic E-state index is 11.9. The van der Waals surface area contributed by atoms with Gasteiger partial charge in [0.25, 0.3) is 5.91 Å². The van der Waals surface area contributed by atoms with Crippen LogP contribution in [0.1, 0.15) is 47.3 Å². The van der Waals surface area contributed by atoms with Crippen LogP contribution in [0, 0.1) is 13.8 Å². The number of amides is 1. The second-order valence-electron chi connectivity index (χ2n) is 6.25. The van der Waals surface area contributed by atoms with Crippen molar-refractivity contribution in [3.63, 3.8) is 0 Å². The Morgan fingerprint density at radius 3 is 2.86 bits per heavy atom. The van der Waals surface area contributed by atoms with Crippen molar-refractivity contribution in [1.29, 1.82) is 0 Å². The molecule has 114 valence electrons. The fourth-order valence-corrected chi connectivity index (χ4v) is 3.84. The van der Waals surface area contributed by atoms with Gasteiger partial charge in [0.15, 0.2) is 0 Å². The Morgan fingerprint density at radius 1 is 1.38 bits per heavy atom. The van der Waals surface area contributed by atoms with Gasteiger partial charge in [-0.25, -0.2) is 4.98 Å². The number of nitrogens with one attached hydrogen (secondary N) is 1. The first-order chi connectivity index (χ1) is 10.1. The van der Waals surface area contributed by atoms with E-state index in [1.807, 2.05) is 19.9 Å². The van der Waals surface area contributed by atoms with Crippen molar-refractivity contribution in [2.24, 2.45) is 5.73 Å². The molecule has 21 heavy (non-hydrogen) atoms. The molecule has 5 heteroatoms. The first kappa shape index (κ1) is 14.3. The zero-order valence-electron chi connectivity index (χ0n) is 12.9. The number of pyridine rings is 1. The number of rotatable bonds is 3. The zero-order valence-corrected chi connectivity index (χ0v) is 12.9. The Morgan fingerprint density at radius 2 is 2.19 bits per heavy atom. The van der Waals surface area contributed by atoms with Crippen molar-refractivity contribution in [3.05, 3.63) is 22.9 Å². The molecule has 2 unspecified atom stereocenters. The van der Waals surface area contributed by atoms with Crippen LogP contribution in [0.15, 0.2) is 6.07 Å². The second-order valence-corrected chi connectivity index (χ2v) is 6.25. The molecule has 0 aromatic carbocycles. The van der Waals surface area contributed by atoms with E-state index in [4.69, 9.17) is 5.73 Å². The van der Waals surface area contributed by atoms with E-state index in [9.17, 15) is 4.79 Å². The van der Waals surface area contributed by atoms with Gasteiger partial charge in [0, 0.05) is 24.3 Å². The van der Waals surface area contributed by atoms with E-state index < -0.39 is 0 Å². The number of hydrogen-bond acceptors (Lipinski definition) is 4. The number of aromatic nitrogens is 1. The molecule has 3 N–H and O–H groups in total. The van der Waals surface area contributed by atoms with Gasteiger partial charge < -0.3 is 16.0 Å². The largest absolute Gasteiger partial charge is 0.365 e. The van der Waals surface area contributed by atoms with Gasteiger partial charge in [0.05, 0.1) is 5.56 Å². The number of aryl methyl sites for hydroxylation is 2. The molecule has 0 saturated carbocycles. The summed E-state index contributed by atoms with van der Waals surface area (Å²) < 4.78 is 0. The van der Waals surface area contributed by atoms with Crippen LogP contribution in [0.4, 0.5) is 5.82 Å². The third-order valence-corrected chi connectivity index (χ3v) is 4.71. The van der Waals surface area contributed by atoms with Crippen molar-refractivity contribution in [1.82, 2.24) is 10.3 Å². The summed E-state index contributed by atoms with van der Waals surface area (Å²) in [5.41, 5.74) is 8.07. The Hall–Kier alpha value is -1.62. The number of primary amides is 1. The lowest BCUT2D eigenvalue weighted by atomic mass is 10.0. The SMILES string of the molecule is Cc1cc(C)c(C(N)=O)c(N2CCCC2C2CCCN2)n1. The number of nitrogens with two attached hydrogens (primary N) is 1. The van der Waals surface area contributed by atoms with Gasteiger partial charge in [-0.15, -0.1) is 0 Å². The van der Waals surface area contributed by atoms with Crippen LogP contribution in [0.3, 0.4) is 0 Å². The summed E-state index contributed by atoms with van der Waals surface area (Å²) in [6.07, 6.45) is 4.75. The summed E-state index contributed by atoms with van der Waals surface area (Å²) in [6, 6.07) is 2.87.